The maximum Gasteiger partial charge on any atom is 0.341 e. The van der Waals surface area contributed by atoms with E-state index in [1.54, 1.807) is 6.07 Å². The molecule has 4 nitrogen and oxygen atoms in total. The first-order valence-corrected chi connectivity index (χ1v) is 6.94. The SMILES string of the molecule is COC(=O)c1coc(CNC(C)CCSC)c1. The van der Waals surface area contributed by atoms with Gasteiger partial charge >= 0.3 is 5.97 Å². The number of methoxy groups -OCH3 is 1. The molecule has 0 fully saturated rings. The van der Waals surface area contributed by atoms with Crippen LogP contribution in [0.5, 0.6) is 0 Å². The smallest absolute Gasteiger partial charge is 0.341 e. The van der Waals surface area contributed by atoms with Crippen molar-refractivity contribution in [1.82, 2.24) is 5.32 Å². The third kappa shape index (κ3) is 4.83. The van der Waals surface area contributed by atoms with E-state index < -0.39 is 0 Å². The number of rotatable bonds is 7. The Hall–Kier alpha value is -0.940. The summed E-state index contributed by atoms with van der Waals surface area (Å²) in [5.41, 5.74) is 0.459. The van der Waals surface area contributed by atoms with Crippen molar-refractivity contribution in [2.45, 2.75) is 25.9 Å². The van der Waals surface area contributed by atoms with Gasteiger partial charge in [0.05, 0.1) is 19.2 Å². The number of nitrogens with one attached hydrogen (secondary N) is 1. The van der Waals surface area contributed by atoms with Gasteiger partial charge in [-0.15, -0.1) is 0 Å². The molecule has 0 aliphatic carbocycles. The molecule has 0 bridgehead atoms. The standard InChI is InChI=1S/C12H19NO3S/c1-9(4-5-17-3)13-7-11-6-10(8-16-11)12(14)15-2/h6,8-9,13H,4-5,7H2,1-3H3. The highest BCUT2D eigenvalue weighted by atomic mass is 32.2. The lowest BCUT2D eigenvalue weighted by molar-refractivity contribution is 0.0600. The average Bonchev–Trinajstić information content (AvgIpc) is 2.81. The molecule has 0 amide bonds. The van der Waals surface area contributed by atoms with Crippen LogP contribution >= 0.6 is 11.8 Å². The first-order valence-electron chi connectivity index (χ1n) is 5.55. The van der Waals surface area contributed by atoms with Crippen LogP contribution in [0, 0.1) is 0 Å². The van der Waals surface area contributed by atoms with E-state index in [0.29, 0.717) is 18.2 Å². The molecule has 96 valence electrons. The molecule has 0 saturated heterocycles. The minimum atomic E-state index is -0.365. The van der Waals surface area contributed by atoms with Gasteiger partial charge in [-0.05, 0) is 31.4 Å². The van der Waals surface area contributed by atoms with Crippen molar-refractivity contribution in [2.24, 2.45) is 0 Å². The Morgan fingerprint density at radius 3 is 3.06 bits per heavy atom. The normalized spacial score (nSPS) is 12.4. The minimum absolute atomic E-state index is 0.365. The second-order valence-corrected chi connectivity index (χ2v) is 4.84. The van der Waals surface area contributed by atoms with E-state index in [9.17, 15) is 4.79 Å². The van der Waals surface area contributed by atoms with Crippen molar-refractivity contribution in [3.05, 3.63) is 23.7 Å². The molecule has 1 rings (SSSR count). The van der Waals surface area contributed by atoms with Crippen molar-refractivity contribution < 1.29 is 13.9 Å². The van der Waals surface area contributed by atoms with Crippen molar-refractivity contribution in [1.29, 1.82) is 0 Å². The topological polar surface area (TPSA) is 51.5 Å². The number of hydrogen-bond acceptors (Lipinski definition) is 5. The Morgan fingerprint density at radius 2 is 2.41 bits per heavy atom. The van der Waals surface area contributed by atoms with E-state index in [4.69, 9.17) is 4.42 Å². The first kappa shape index (κ1) is 14.1. The molecule has 5 heteroatoms. The van der Waals surface area contributed by atoms with Crippen molar-refractivity contribution >= 4 is 17.7 Å². The molecular formula is C12H19NO3S. The third-order valence-electron chi connectivity index (χ3n) is 2.45. The second-order valence-electron chi connectivity index (χ2n) is 3.86. The number of esters is 1. The van der Waals surface area contributed by atoms with E-state index in [1.807, 2.05) is 11.8 Å². The van der Waals surface area contributed by atoms with Crippen LogP contribution in [0.3, 0.4) is 0 Å². The molecule has 1 aromatic heterocycles. The fraction of sp³-hybridized carbons (Fsp3) is 0.583. The van der Waals surface area contributed by atoms with Gasteiger partial charge in [-0.1, -0.05) is 0 Å². The quantitative estimate of drug-likeness (QED) is 0.760. The molecule has 1 atom stereocenters. The summed E-state index contributed by atoms with van der Waals surface area (Å²) in [5, 5.41) is 3.34. The Bertz CT molecular complexity index is 351. The third-order valence-corrected chi connectivity index (χ3v) is 3.10. The van der Waals surface area contributed by atoms with Crippen LogP contribution in [0.4, 0.5) is 0 Å². The lowest BCUT2D eigenvalue weighted by Crippen LogP contribution is -2.25. The molecule has 1 unspecified atom stereocenters. The van der Waals surface area contributed by atoms with E-state index in [2.05, 4.69) is 23.2 Å². The van der Waals surface area contributed by atoms with Crippen molar-refractivity contribution in [3.63, 3.8) is 0 Å². The molecule has 0 aromatic carbocycles. The molecule has 0 radical (unpaired) electrons. The Morgan fingerprint density at radius 1 is 1.65 bits per heavy atom. The van der Waals surface area contributed by atoms with Gasteiger partial charge in [0.1, 0.15) is 12.0 Å². The van der Waals surface area contributed by atoms with Gasteiger partial charge in [0.15, 0.2) is 0 Å². The highest BCUT2D eigenvalue weighted by Gasteiger charge is 2.10. The second kappa shape index (κ2) is 7.40. The van der Waals surface area contributed by atoms with E-state index >= 15 is 0 Å². The number of carbonyl (C=O) groups excluding carboxylic acids is 1. The maximum absolute atomic E-state index is 11.2. The first-order chi connectivity index (χ1) is 8.17. The summed E-state index contributed by atoms with van der Waals surface area (Å²) in [6.07, 6.45) is 4.64. The van der Waals surface area contributed by atoms with Gasteiger partial charge in [-0.2, -0.15) is 11.8 Å². The Kier molecular flexibility index (Phi) is 6.15. The largest absolute Gasteiger partial charge is 0.467 e. The van der Waals surface area contributed by atoms with Crippen molar-refractivity contribution in [2.75, 3.05) is 19.1 Å². The van der Waals surface area contributed by atoms with Gasteiger partial charge in [-0.3, -0.25) is 0 Å². The van der Waals surface area contributed by atoms with Gasteiger partial charge in [-0.25, -0.2) is 4.79 Å². The summed E-state index contributed by atoms with van der Waals surface area (Å²) in [6.45, 7) is 2.77. The molecule has 0 aliphatic heterocycles. The molecule has 0 spiro atoms. The van der Waals surface area contributed by atoms with Gasteiger partial charge in [0.25, 0.3) is 0 Å². The zero-order chi connectivity index (χ0) is 12.7. The predicted molar refractivity (Wildman–Crippen MR) is 69.3 cm³/mol. The predicted octanol–water partition coefficient (Wildman–Crippen LogP) is 2.30. The van der Waals surface area contributed by atoms with E-state index in [0.717, 1.165) is 17.9 Å². The van der Waals surface area contributed by atoms with Crippen LogP contribution in [-0.2, 0) is 11.3 Å². The highest BCUT2D eigenvalue weighted by molar-refractivity contribution is 7.98. The lowest BCUT2D eigenvalue weighted by atomic mass is 10.2. The molecule has 0 aliphatic rings. The number of carbonyl (C=O) groups is 1. The molecule has 0 saturated carbocycles. The number of furan rings is 1. The van der Waals surface area contributed by atoms with Crippen LogP contribution in [0.1, 0.15) is 29.5 Å². The number of thioether (sulfide) groups is 1. The van der Waals surface area contributed by atoms with Crippen LogP contribution in [-0.4, -0.2) is 31.1 Å². The Balaban J connectivity index is 2.36. The maximum atomic E-state index is 11.2. The molecular weight excluding hydrogens is 238 g/mol. The summed E-state index contributed by atoms with van der Waals surface area (Å²) < 4.78 is 9.88. The van der Waals surface area contributed by atoms with Crippen LogP contribution < -0.4 is 5.32 Å². The lowest BCUT2D eigenvalue weighted by Gasteiger charge is -2.11. The molecule has 1 N–H and O–H groups in total. The average molecular weight is 257 g/mol. The molecule has 17 heavy (non-hydrogen) atoms. The number of ether oxygens (including phenoxy) is 1. The molecule has 1 aromatic rings. The zero-order valence-electron chi connectivity index (χ0n) is 10.5. The highest BCUT2D eigenvalue weighted by Crippen LogP contribution is 2.09. The van der Waals surface area contributed by atoms with Gasteiger partial charge in [0, 0.05) is 6.04 Å². The van der Waals surface area contributed by atoms with Crippen LogP contribution in [0.15, 0.2) is 16.7 Å². The zero-order valence-corrected chi connectivity index (χ0v) is 11.3. The van der Waals surface area contributed by atoms with Gasteiger partial charge < -0.3 is 14.5 Å². The summed E-state index contributed by atoms with van der Waals surface area (Å²) in [6, 6.07) is 2.15. The van der Waals surface area contributed by atoms with Crippen LogP contribution in [0.2, 0.25) is 0 Å². The monoisotopic (exact) mass is 257 g/mol. The fourth-order valence-corrected chi connectivity index (χ4v) is 1.96. The summed E-state index contributed by atoms with van der Waals surface area (Å²) in [7, 11) is 1.36. The minimum Gasteiger partial charge on any atom is -0.467 e. The summed E-state index contributed by atoms with van der Waals surface area (Å²) in [5.74, 6) is 1.52. The molecule has 1 heterocycles. The Labute approximate surface area is 106 Å². The van der Waals surface area contributed by atoms with E-state index in [-0.39, 0.29) is 5.97 Å². The van der Waals surface area contributed by atoms with Crippen molar-refractivity contribution in [3.8, 4) is 0 Å². The van der Waals surface area contributed by atoms with Gasteiger partial charge in [0.2, 0.25) is 0 Å². The number of hydrogen-bond donors (Lipinski definition) is 1. The summed E-state index contributed by atoms with van der Waals surface area (Å²) in [4.78, 5) is 11.2. The fourth-order valence-electron chi connectivity index (χ4n) is 1.37. The van der Waals surface area contributed by atoms with E-state index in [1.165, 1.54) is 13.4 Å². The van der Waals surface area contributed by atoms with Crippen LogP contribution in [0.25, 0.3) is 0 Å². The summed E-state index contributed by atoms with van der Waals surface area (Å²) >= 11 is 1.84.